The average Bonchev–Trinajstić information content (AvgIpc) is 3.15. The molecule has 1 atom stereocenters. The molecule has 0 bridgehead atoms. The number of carbonyl (C=O) groups excluding carboxylic acids is 1. The monoisotopic (exact) mass is 354 g/mol. The molecule has 4 N–H and O–H groups in total. The van der Waals surface area contributed by atoms with Crippen LogP contribution >= 0.6 is 0 Å². The third-order valence-electron chi connectivity index (χ3n) is 4.72. The number of nitrogens with one attached hydrogen (secondary N) is 2. The van der Waals surface area contributed by atoms with Gasteiger partial charge in [0.2, 0.25) is 0 Å². The first kappa shape index (κ1) is 16.9. The van der Waals surface area contributed by atoms with Crippen LogP contribution in [0.25, 0.3) is 17.1 Å². The Morgan fingerprint density at radius 1 is 1.38 bits per heavy atom. The van der Waals surface area contributed by atoms with Crippen LogP contribution in [0.1, 0.15) is 35.3 Å². The number of hydrogen-bond donors (Lipinski definition) is 3. The highest BCUT2D eigenvalue weighted by atomic mass is 16.5. The third-order valence-corrected chi connectivity index (χ3v) is 4.72. The maximum absolute atomic E-state index is 12.0. The highest BCUT2D eigenvalue weighted by Crippen LogP contribution is 2.24. The minimum absolute atomic E-state index is 0.269. The van der Waals surface area contributed by atoms with Gasteiger partial charge in [-0.15, -0.1) is 0 Å². The van der Waals surface area contributed by atoms with E-state index >= 15 is 0 Å². The number of nitrogens with zero attached hydrogens (tertiary/aromatic N) is 3. The largest absolute Gasteiger partial charge is 0.377 e. The van der Waals surface area contributed by atoms with Gasteiger partial charge in [0.1, 0.15) is 17.4 Å². The molecule has 4 rings (SSSR count). The number of hydrogen-bond acceptors (Lipinski definition) is 7. The molecule has 0 aliphatic carbocycles. The smallest absolute Gasteiger partial charge is 0.251 e. The van der Waals surface area contributed by atoms with E-state index in [1.807, 2.05) is 6.08 Å². The molecule has 1 amide bonds. The molecular weight excluding hydrogens is 332 g/mol. The van der Waals surface area contributed by atoms with Crippen molar-refractivity contribution in [1.29, 1.82) is 0 Å². The Bertz CT molecular complexity index is 852. The summed E-state index contributed by atoms with van der Waals surface area (Å²) in [5.41, 5.74) is 8.81. The number of aromatic nitrogens is 3. The molecule has 8 nitrogen and oxygen atoms in total. The van der Waals surface area contributed by atoms with E-state index in [4.69, 9.17) is 15.5 Å². The van der Waals surface area contributed by atoms with Gasteiger partial charge in [0, 0.05) is 12.6 Å². The van der Waals surface area contributed by atoms with Gasteiger partial charge < -0.3 is 21.1 Å². The number of piperidine rings is 1. The van der Waals surface area contributed by atoms with E-state index in [0.29, 0.717) is 41.3 Å². The normalized spacial score (nSPS) is 22.0. The van der Waals surface area contributed by atoms with E-state index in [9.17, 15) is 4.79 Å². The van der Waals surface area contributed by atoms with Crippen LogP contribution in [0.4, 0.5) is 5.82 Å². The first-order valence-electron chi connectivity index (χ1n) is 8.91. The van der Waals surface area contributed by atoms with Crippen LogP contribution in [0.2, 0.25) is 0 Å². The maximum Gasteiger partial charge on any atom is 0.251 e. The summed E-state index contributed by atoms with van der Waals surface area (Å²) in [7, 11) is 0. The Hall–Kier alpha value is -2.58. The zero-order valence-corrected chi connectivity index (χ0v) is 14.5. The lowest BCUT2D eigenvalue weighted by molar-refractivity contribution is 0.100. The Morgan fingerprint density at radius 3 is 3.04 bits per heavy atom. The van der Waals surface area contributed by atoms with E-state index < -0.39 is 5.91 Å². The highest BCUT2D eigenvalue weighted by Gasteiger charge is 2.19. The summed E-state index contributed by atoms with van der Waals surface area (Å²) in [6, 6.07) is 1.96. The number of carbonyl (C=O) groups is 1. The van der Waals surface area contributed by atoms with Crippen molar-refractivity contribution in [2.75, 3.05) is 31.6 Å². The predicted molar refractivity (Wildman–Crippen MR) is 98.8 cm³/mol. The summed E-state index contributed by atoms with van der Waals surface area (Å²) in [5, 5.41) is 6.81. The minimum atomic E-state index is -0.524. The van der Waals surface area contributed by atoms with Crippen molar-refractivity contribution >= 4 is 28.8 Å². The van der Waals surface area contributed by atoms with Crippen LogP contribution in [0.15, 0.2) is 18.0 Å². The summed E-state index contributed by atoms with van der Waals surface area (Å²) in [6.07, 6.45) is 6.44. The van der Waals surface area contributed by atoms with Gasteiger partial charge >= 0.3 is 0 Å². The van der Waals surface area contributed by atoms with Crippen molar-refractivity contribution in [1.82, 2.24) is 20.3 Å². The fourth-order valence-electron chi connectivity index (χ4n) is 3.40. The van der Waals surface area contributed by atoms with Gasteiger partial charge in [0.15, 0.2) is 5.82 Å². The van der Waals surface area contributed by atoms with Crippen molar-refractivity contribution in [2.45, 2.75) is 25.3 Å². The standard InChI is InChI=1S/C18H22N6O2/c19-17(25)14-7-13(6-11-3-5-26-9-11)23-16-15(14)21-10-22-18(16)24-12-2-1-4-20-8-12/h6-7,10,12,20H,1-5,8-9H2,(H2,19,25)(H,21,22,24)/b11-6-/t12-/m0/s1. The highest BCUT2D eigenvalue weighted by molar-refractivity contribution is 6.06. The quantitative estimate of drug-likeness (QED) is 0.753. The Labute approximate surface area is 151 Å². The maximum atomic E-state index is 12.0. The molecule has 2 saturated heterocycles. The molecule has 26 heavy (non-hydrogen) atoms. The number of primary amides is 1. The van der Waals surface area contributed by atoms with E-state index in [1.54, 1.807) is 6.07 Å². The molecular formula is C18H22N6O2. The van der Waals surface area contributed by atoms with Gasteiger partial charge in [-0.3, -0.25) is 4.79 Å². The van der Waals surface area contributed by atoms with E-state index in [2.05, 4.69) is 20.6 Å². The second-order valence-corrected chi connectivity index (χ2v) is 6.67. The van der Waals surface area contributed by atoms with Crippen LogP contribution in [0.5, 0.6) is 0 Å². The Morgan fingerprint density at radius 2 is 2.31 bits per heavy atom. The fraction of sp³-hybridized carbons (Fsp3) is 0.444. The lowest BCUT2D eigenvalue weighted by Crippen LogP contribution is -2.38. The summed E-state index contributed by atoms with van der Waals surface area (Å²) < 4.78 is 5.39. The molecule has 136 valence electrons. The summed E-state index contributed by atoms with van der Waals surface area (Å²) in [4.78, 5) is 25.3. The molecule has 0 unspecified atom stereocenters. The molecule has 8 heteroatoms. The Kier molecular flexibility index (Phi) is 4.77. The number of pyridine rings is 1. The molecule has 4 heterocycles. The summed E-state index contributed by atoms with van der Waals surface area (Å²) >= 11 is 0. The zero-order valence-electron chi connectivity index (χ0n) is 14.5. The first-order chi connectivity index (χ1) is 12.7. The predicted octanol–water partition coefficient (Wildman–Crippen LogP) is 1.09. The average molecular weight is 354 g/mol. The zero-order chi connectivity index (χ0) is 17.9. The molecule has 2 aliphatic rings. The van der Waals surface area contributed by atoms with Gasteiger partial charge in [-0.2, -0.15) is 0 Å². The fourth-order valence-corrected chi connectivity index (χ4v) is 3.40. The second-order valence-electron chi connectivity index (χ2n) is 6.67. The number of amides is 1. The molecule has 0 spiro atoms. The van der Waals surface area contributed by atoms with Crippen LogP contribution in [0.3, 0.4) is 0 Å². The van der Waals surface area contributed by atoms with Crippen molar-refractivity contribution < 1.29 is 9.53 Å². The van der Waals surface area contributed by atoms with Crippen molar-refractivity contribution in [2.24, 2.45) is 5.73 Å². The van der Waals surface area contributed by atoms with Gasteiger partial charge in [-0.1, -0.05) is 0 Å². The molecule has 2 aliphatic heterocycles. The number of rotatable bonds is 4. The minimum Gasteiger partial charge on any atom is -0.377 e. The molecule has 2 aromatic heterocycles. The summed E-state index contributed by atoms with van der Waals surface area (Å²) in [5.74, 6) is 0.109. The molecule has 0 saturated carbocycles. The van der Waals surface area contributed by atoms with Gasteiger partial charge in [-0.25, -0.2) is 15.0 Å². The van der Waals surface area contributed by atoms with Crippen molar-refractivity contribution in [3.8, 4) is 0 Å². The van der Waals surface area contributed by atoms with Crippen molar-refractivity contribution in [3.05, 3.63) is 29.2 Å². The lowest BCUT2D eigenvalue weighted by atomic mass is 10.1. The SMILES string of the molecule is NC(=O)c1cc(/C=C2/CCOC2)nc2c(N[C@H]3CCCNC3)ncnc12. The van der Waals surface area contributed by atoms with Gasteiger partial charge in [-0.05, 0) is 43.5 Å². The van der Waals surface area contributed by atoms with Crippen LogP contribution in [-0.4, -0.2) is 53.2 Å². The van der Waals surface area contributed by atoms with Crippen LogP contribution in [-0.2, 0) is 4.74 Å². The molecule has 2 fully saturated rings. The van der Waals surface area contributed by atoms with Gasteiger partial charge in [0.25, 0.3) is 5.91 Å². The van der Waals surface area contributed by atoms with Crippen molar-refractivity contribution in [3.63, 3.8) is 0 Å². The number of ether oxygens (including phenoxy) is 1. The Balaban J connectivity index is 1.78. The number of anilines is 1. The van der Waals surface area contributed by atoms with E-state index in [0.717, 1.165) is 37.9 Å². The van der Waals surface area contributed by atoms with E-state index in [-0.39, 0.29) is 6.04 Å². The van der Waals surface area contributed by atoms with Crippen LogP contribution < -0.4 is 16.4 Å². The van der Waals surface area contributed by atoms with E-state index in [1.165, 1.54) is 6.33 Å². The summed E-state index contributed by atoms with van der Waals surface area (Å²) in [6.45, 7) is 3.21. The molecule has 2 aromatic rings. The topological polar surface area (TPSA) is 115 Å². The second kappa shape index (κ2) is 7.35. The lowest BCUT2D eigenvalue weighted by Gasteiger charge is -2.24. The molecule has 0 aromatic carbocycles. The van der Waals surface area contributed by atoms with Gasteiger partial charge in [0.05, 0.1) is 24.5 Å². The first-order valence-corrected chi connectivity index (χ1v) is 8.91. The third kappa shape index (κ3) is 3.51. The molecule has 0 radical (unpaired) electrons. The number of fused-ring (bicyclic) bond motifs is 1. The van der Waals surface area contributed by atoms with Crippen LogP contribution in [0, 0.1) is 0 Å². The number of nitrogens with two attached hydrogens (primary N) is 1.